The maximum absolute atomic E-state index is 12.0. The molecule has 0 radical (unpaired) electrons. The zero-order valence-corrected chi connectivity index (χ0v) is 11.6. The van der Waals surface area contributed by atoms with Crippen LogP contribution in [0.15, 0.2) is 18.2 Å². The molecular formula is C15H19NO3. The van der Waals surface area contributed by atoms with E-state index in [1.807, 2.05) is 30.9 Å². The molecule has 1 aliphatic rings. The van der Waals surface area contributed by atoms with Crippen molar-refractivity contribution in [1.29, 1.82) is 0 Å². The van der Waals surface area contributed by atoms with E-state index in [-0.39, 0.29) is 12.3 Å². The number of aryl methyl sites for hydroxylation is 2. The molecule has 19 heavy (non-hydrogen) atoms. The van der Waals surface area contributed by atoms with Crippen molar-refractivity contribution in [3.8, 4) is 0 Å². The standard InChI is InChI=1S/C15H19NO3/c1-10-4-5-13(11(2)8-10)16-7-6-12(14(17)9-16)15(18)19-3/h4-5,8,12H,6-7,9H2,1-3H3. The number of nitrogens with zero attached hydrogens (tertiary/aromatic N) is 1. The Kier molecular flexibility index (Phi) is 3.88. The number of rotatable bonds is 2. The van der Waals surface area contributed by atoms with Crippen molar-refractivity contribution in [2.24, 2.45) is 5.92 Å². The molecular weight excluding hydrogens is 242 g/mol. The van der Waals surface area contributed by atoms with Crippen LogP contribution in [0.3, 0.4) is 0 Å². The molecule has 0 bridgehead atoms. The zero-order valence-electron chi connectivity index (χ0n) is 11.6. The maximum Gasteiger partial charge on any atom is 0.316 e. The van der Waals surface area contributed by atoms with Crippen LogP contribution in [0.1, 0.15) is 17.5 Å². The quantitative estimate of drug-likeness (QED) is 0.602. The van der Waals surface area contributed by atoms with E-state index in [0.717, 1.165) is 11.3 Å². The molecule has 0 N–H and O–H groups in total. The van der Waals surface area contributed by atoms with Crippen molar-refractivity contribution in [3.63, 3.8) is 0 Å². The first kappa shape index (κ1) is 13.6. The third-order valence-electron chi connectivity index (χ3n) is 3.60. The SMILES string of the molecule is COC(=O)C1CCN(c2ccc(C)cc2C)CC1=O. The number of carbonyl (C=O) groups is 2. The molecule has 0 spiro atoms. The van der Waals surface area contributed by atoms with E-state index in [9.17, 15) is 9.59 Å². The van der Waals surface area contributed by atoms with Gasteiger partial charge in [0.1, 0.15) is 5.92 Å². The number of hydrogen-bond donors (Lipinski definition) is 0. The van der Waals surface area contributed by atoms with Gasteiger partial charge in [-0.2, -0.15) is 0 Å². The number of carbonyl (C=O) groups excluding carboxylic acids is 2. The molecule has 2 rings (SSSR count). The molecule has 102 valence electrons. The van der Waals surface area contributed by atoms with E-state index in [1.165, 1.54) is 12.7 Å². The minimum absolute atomic E-state index is 0.0573. The summed E-state index contributed by atoms with van der Waals surface area (Å²) in [4.78, 5) is 25.5. The van der Waals surface area contributed by atoms with Crippen LogP contribution in [0.2, 0.25) is 0 Å². The molecule has 1 aromatic rings. The van der Waals surface area contributed by atoms with Gasteiger partial charge in [-0.3, -0.25) is 9.59 Å². The molecule has 4 heteroatoms. The summed E-state index contributed by atoms with van der Waals surface area (Å²) in [5.41, 5.74) is 3.43. The average Bonchev–Trinajstić information content (AvgIpc) is 2.37. The second-order valence-corrected chi connectivity index (χ2v) is 5.04. The molecule has 1 unspecified atom stereocenters. The third-order valence-corrected chi connectivity index (χ3v) is 3.60. The Morgan fingerprint density at radius 1 is 1.37 bits per heavy atom. The van der Waals surface area contributed by atoms with Crippen LogP contribution in [0.25, 0.3) is 0 Å². The first-order valence-electron chi connectivity index (χ1n) is 6.45. The van der Waals surface area contributed by atoms with Crippen LogP contribution in [0.5, 0.6) is 0 Å². The summed E-state index contributed by atoms with van der Waals surface area (Å²) in [5, 5.41) is 0. The van der Waals surface area contributed by atoms with Crippen LogP contribution in [0, 0.1) is 19.8 Å². The van der Waals surface area contributed by atoms with Crippen LogP contribution < -0.4 is 4.90 Å². The van der Waals surface area contributed by atoms with E-state index in [2.05, 4.69) is 10.8 Å². The normalized spacial score (nSPS) is 19.4. The second kappa shape index (κ2) is 5.43. The fourth-order valence-electron chi connectivity index (χ4n) is 2.58. The van der Waals surface area contributed by atoms with Gasteiger partial charge in [0, 0.05) is 12.2 Å². The molecule has 1 atom stereocenters. The number of methoxy groups -OCH3 is 1. The fourth-order valence-corrected chi connectivity index (χ4v) is 2.58. The summed E-state index contributed by atoms with van der Waals surface area (Å²) in [7, 11) is 1.33. The lowest BCUT2D eigenvalue weighted by molar-refractivity contribution is -0.149. The molecule has 0 saturated carbocycles. The Morgan fingerprint density at radius 2 is 2.11 bits per heavy atom. The van der Waals surface area contributed by atoms with Crippen LogP contribution in [0.4, 0.5) is 5.69 Å². The van der Waals surface area contributed by atoms with Crippen molar-refractivity contribution in [3.05, 3.63) is 29.3 Å². The lowest BCUT2D eigenvalue weighted by atomic mass is 9.94. The third kappa shape index (κ3) is 2.78. The number of esters is 1. The molecule has 4 nitrogen and oxygen atoms in total. The largest absolute Gasteiger partial charge is 0.468 e. The predicted molar refractivity (Wildman–Crippen MR) is 73.3 cm³/mol. The zero-order chi connectivity index (χ0) is 14.0. The molecule has 1 fully saturated rings. The van der Waals surface area contributed by atoms with Gasteiger partial charge in [0.2, 0.25) is 0 Å². The minimum Gasteiger partial charge on any atom is -0.468 e. The Labute approximate surface area is 113 Å². The van der Waals surface area contributed by atoms with E-state index >= 15 is 0 Å². The summed E-state index contributed by atoms with van der Waals surface area (Å²) >= 11 is 0. The van der Waals surface area contributed by atoms with E-state index < -0.39 is 11.9 Å². The molecule has 1 saturated heterocycles. The van der Waals surface area contributed by atoms with Crippen molar-refractivity contribution < 1.29 is 14.3 Å². The predicted octanol–water partition coefficient (Wildman–Crippen LogP) is 1.87. The lowest BCUT2D eigenvalue weighted by Gasteiger charge is -2.32. The number of hydrogen-bond acceptors (Lipinski definition) is 4. The van der Waals surface area contributed by atoms with Gasteiger partial charge in [0.25, 0.3) is 0 Å². The number of ether oxygens (including phenoxy) is 1. The Balaban J connectivity index is 2.14. The van der Waals surface area contributed by atoms with E-state index in [1.54, 1.807) is 0 Å². The molecule has 1 aromatic carbocycles. The van der Waals surface area contributed by atoms with Crippen molar-refractivity contribution >= 4 is 17.4 Å². The van der Waals surface area contributed by atoms with Gasteiger partial charge in [-0.05, 0) is 31.9 Å². The minimum atomic E-state index is -0.591. The van der Waals surface area contributed by atoms with Crippen LogP contribution in [-0.4, -0.2) is 32.0 Å². The summed E-state index contributed by atoms with van der Waals surface area (Å²) in [6.45, 7) is 5.07. The van der Waals surface area contributed by atoms with Gasteiger partial charge in [-0.1, -0.05) is 17.7 Å². The average molecular weight is 261 g/mol. The topological polar surface area (TPSA) is 46.6 Å². The van der Waals surface area contributed by atoms with E-state index in [4.69, 9.17) is 0 Å². The Morgan fingerprint density at radius 3 is 2.68 bits per heavy atom. The van der Waals surface area contributed by atoms with E-state index in [0.29, 0.717) is 13.0 Å². The monoisotopic (exact) mass is 261 g/mol. The van der Waals surface area contributed by atoms with Crippen molar-refractivity contribution in [1.82, 2.24) is 0 Å². The Hall–Kier alpha value is -1.84. The fraction of sp³-hybridized carbons (Fsp3) is 0.467. The maximum atomic E-state index is 12.0. The van der Waals surface area contributed by atoms with Gasteiger partial charge in [0.15, 0.2) is 5.78 Å². The number of Topliss-reactive ketones (excluding diaryl/α,β-unsaturated/α-hetero) is 1. The number of benzene rings is 1. The number of anilines is 1. The first-order valence-corrected chi connectivity index (χ1v) is 6.45. The second-order valence-electron chi connectivity index (χ2n) is 5.04. The molecule has 0 aromatic heterocycles. The molecule has 0 aliphatic carbocycles. The van der Waals surface area contributed by atoms with Gasteiger partial charge in [-0.15, -0.1) is 0 Å². The van der Waals surface area contributed by atoms with Gasteiger partial charge in [0.05, 0.1) is 13.7 Å². The summed E-state index contributed by atoms with van der Waals surface area (Å²) in [6, 6.07) is 6.18. The lowest BCUT2D eigenvalue weighted by Crippen LogP contribution is -2.44. The molecule has 1 aliphatic heterocycles. The van der Waals surface area contributed by atoms with Crippen LogP contribution >= 0.6 is 0 Å². The summed E-state index contributed by atoms with van der Waals surface area (Å²) < 4.78 is 4.66. The highest BCUT2D eigenvalue weighted by Gasteiger charge is 2.33. The van der Waals surface area contributed by atoms with Gasteiger partial charge >= 0.3 is 5.97 Å². The highest BCUT2D eigenvalue weighted by molar-refractivity contribution is 6.02. The van der Waals surface area contributed by atoms with Gasteiger partial charge in [-0.25, -0.2) is 0 Å². The smallest absolute Gasteiger partial charge is 0.316 e. The van der Waals surface area contributed by atoms with Crippen molar-refractivity contribution in [2.75, 3.05) is 25.1 Å². The highest BCUT2D eigenvalue weighted by atomic mass is 16.5. The Bertz CT molecular complexity index is 510. The molecule has 0 amide bonds. The molecule has 1 heterocycles. The highest BCUT2D eigenvalue weighted by Crippen LogP contribution is 2.25. The first-order chi connectivity index (χ1) is 9.02. The summed E-state index contributed by atoms with van der Waals surface area (Å²) in [5.74, 6) is -1.06. The van der Waals surface area contributed by atoms with Gasteiger partial charge < -0.3 is 9.64 Å². The summed E-state index contributed by atoms with van der Waals surface area (Å²) in [6.07, 6.45) is 0.527. The number of ketones is 1. The van der Waals surface area contributed by atoms with Crippen molar-refractivity contribution in [2.45, 2.75) is 20.3 Å². The van der Waals surface area contributed by atoms with Crippen LogP contribution in [-0.2, 0) is 14.3 Å². The number of piperidine rings is 1.